The van der Waals surface area contributed by atoms with Gasteiger partial charge < -0.3 is 18.9 Å². The third kappa shape index (κ3) is 43.3. The second-order valence-corrected chi connectivity index (χ2v) is 17.9. The van der Waals surface area contributed by atoms with E-state index in [1.165, 1.54) is 70.6 Å². The lowest BCUT2D eigenvalue weighted by Crippen LogP contribution is -2.37. The van der Waals surface area contributed by atoms with Crippen LogP contribution in [0.4, 0.5) is 0 Å². The van der Waals surface area contributed by atoms with Crippen LogP contribution in [0.15, 0.2) is 60.8 Å². The summed E-state index contributed by atoms with van der Waals surface area (Å²) in [7, 11) is 1.45. The van der Waals surface area contributed by atoms with E-state index >= 15 is 0 Å². The van der Waals surface area contributed by atoms with E-state index in [-0.39, 0.29) is 26.1 Å². The minimum atomic E-state index is -4.39. The standard InChI is InChI=1S/C48H86NO8P/c1-6-8-10-12-14-16-18-20-22-24-26-28-30-32-34-36-38-40-47(50)54-44-46(45-56-58(52,53)55-43-42-49(3,4)5)57-48(51)41-39-37-35-33-31-29-27-25-23-21-19-17-15-13-11-9-7-2/h10,12,16,18,21-24,28,30,46H,6-9,11,13-15,17,19-20,25-27,29,31-45H2,1-5H3/p+1/b12-10+,18-16+,23-21+,24-22+,30-28+/t46-/m1/s1. The Morgan fingerprint density at radius 1 is 0.534 bits per heavy atom. The summed E-state index contributed by atoms with van der Waals surface area (Å²) in [6, 6.07) is 0. The molecule has 0 aliphatic carbocycles. The van der Waals surface area contributed by atoms with Crippen LogP contribution in [-0.4, -0.2) is 74.9 Å². The summed E-state index contributed by atoms with van der Waals surface area (Å²) in [5.41, 5.74) is 0. The predicted octanol–water partition coefficient (Wildman–Crippen LogP) is 13.2. The van der Waals surface area contributed by atoms with Gasteiger partial charge >= 0.3 is 19.8 Å². The number of phosphoric acid groups is 1. The Balaban J connectivity index is 4.40. The number of carbonyl (C=O) groups is 2. The highest BCUT2D eigenvalue weighted by Gasteiger charge is 2.27. The summed E-state index contributed by atoms with van der Waals surface area (Å²) < 4.78 is 34.3. The summed E-state index contributed by atoms with van der Waals surface area (Å²) in [5, 5.41) is 0. The number of hydrogen-bond donors (Lipinski definition) is 1. The third-order valence-corrected chi connectivity index (χ3v) is 10.5. The van der Waals surface area contributed by atoms with Crippen molar-refractivity contribution >= 4 is 19.8 Å². The number of unbranched alkanes of at least 4 members (excludes halogenated alkanes) is 17. The largest absolute Gasteiger partial charge is 0.472 e. The SMILES string of the molecule is CCC/C=C/C/C=C/C/C=C/C/C=C/CCCCCC(=O)OC[C@H](COP(=O)(O)OCC[N+](C)(C)C)OC(=O)CCCCCCCCC/C=C/CCCCCCCC. The summed E-state index contributed by atoms with van der Waals surface area (Å²) in [6.07, 6.45) is 48.3. The molecule has 0 spiro atoms. The molecule has 0 saturated carbocycles. The molecule has 9 nitrogen and oxygen atoms in total. The van der Waals surface area contributed by atoms with Crippen LogP contribution in [0, 0.1) is 0 Å². The van der Waals surface area contributed by atoms with E-state index in [0.29, 0.717) is 23.9 Å². The van der Waals surface area contributed by atoms with Crippen molar-refractivity contribution in [3.8, 4) is 0 Å². The fourth-order valence-electron chi connectivity index (χ4n) is 5.88. The number of phosphoric ester groups is 1. The molecule has 0 rings (SSSR count). The van der Waals surface area contributed by atoms with Crippen LogP contribution < -0.4 is 0 Å². The first-order valence-corrected chi connectivity index (χ1v) is 24.5. The number of rotatable bonds is 41. The number of carbonyl (C=O) groups excluding carboxylic acids is 2. The van der Waals surface area contributed by atoms with Gasteiger partial charge in [-0.3, -0.25) is 18.6 Å². The third-order valence-electron chi connectivity index (χ3n) is 9.50. The van der Waals surface area contributed by atoms with E-state index in [1.807, 2.05) is 21.1 Å². The van der Waals surface area contributed by atoms with Gasteiger partial charge in [0.2, 0.25) is 0 Å². The van der Waals surface area contributed by atoms with Crippen LogP contribution in [0.1, 0.15) is 181 Å². The molecule has 0 bridgehead atoms. The zero-order valence-corrected chi connectivity index (χ0v) is 38.7. The average Bonchev–Trinajstić information content (AvgIpc) is 3.17. The molecule has 0 heterocycles. The van der Waals surface area contributed by atoms with Gasteiger partial charge in [-0.2, -0.15) is 0 Å². The van der Waals surface area contributed by atoms with Crippen LogP contribution >= 0.6 is 7.82 Å². The zero-order chi connectivity index (χ0) is 42.8. The van der Waals surface area contributed by atoms with Gasteiger partial charge in [0.15, 0.2) is 6.10 Å². The zero-order valence-electron chi connectivity index (χ0n) is 37.8. The molecular weight excluding hydrogens is 750 g/mol. The number of nitrogens with zero attached hydrogens (tertiary/aromatic N) is 1. The van der Waals surface area contributed by atoms with Crippen LogP contribution in [0.2, 0.25) is 0 Å². The first kappa shape index (κ1) is 55.7. The van der Waals surface area contributed by atoms with Gasteiger partial charge in [-0.25, -0.2) is 4.57 Å². The van der Waals surface area contributed by atoms with Crippen LogP contribution in [-0.2, 0) is 32.7 Å². The molecule has 0 aliphatic rings. The lowest BCUT2D eigenvalue weighted by molar-refractivity contribution is -0.870. The molecule has 0 saturated heterocycles. The van der Waals surface area contributed by atoms with Gasteiger partial charge in [-0.15, -0.1) is 0 Å². The minimum absolute atomic E-state index is 0.0232. The van der Waals surface area contributed by atoms with Crippen molar-refractivity contribution in [1.29, 1.82) is 0 Å². The van der Waals surface area contributed by atoms with Crippen molar-refractivity contribution in [2.24, 2.45) is 0 Å². The molecular formula is C48H87NO8P+. The second kappa shape index (κ2) is 40.1. The highest BCUT2D eigenvalue weighted by atomic mass is 31.2. The van der Waals surface area contributed by atoms with Crippen LogP contribution in [0.5, 0.6) is 0 Å². The molecule has 58 heavy (non-hydrogen) atoms. The van der Waals surface area contributed by atoms with Gasteiger partial charge in [-0.1, -0.05) is 152 Å². The van der Waals surface area contributed by atoms with E-state index in [1.54, 1.807) is 0 Å². The maximum absolute atomic E-state index is 12.7. The van der Waals surface area contributed by atoms with Crippen molar-refractivity contribution in [3.05, 3.63) is 60.8 Å². The highest BCUT2D eigenvalue weighted by molar-refractivity contribution is 7.47. The number of ether oxygens (including phenoxy) is 2. The fourth-order valence-corrected chi connectivity index (χ4v) is 6.62. The lowest BCUT2D eigenvalue weighted by Gasteiger charge is -2.24. The van der Waals surface area contributed by atoms with Gasteiger partial charge in [-0.05, 0) is 77.0 Å². The van der Waals surface area contributed by atoms with Crippen molar-refractivity contribution in [2.45, 2.75) is 187 Å². The molecule has 0 aromatic carbocycles. The molecule has 0 aliphatic heterocycles. The van der Waals surface area contributed by atoms with Crippen LogP contribution in [0.3, 0.4) is 0 Å². The van der Waals surface area contributed by atoms with Crippen molar-refractivity contribution in [3.63, 3.8) is 0 Å². The monoisotopic (exact) mass is 837 g/mol. The van der Waals surface area contributed by atoms with E-state index in [9.17, 15) is 19.0 Å². The molecule has 336 valence electrons. The number of allylic oxidation sites excluding steroid dienone is 10. The molecule has 0 aromatic heterocycles. The van der Waals surface area contributed by atoms with E-state index < -0.39 is 32.5 Å². The first-order chi connectivity index (χ1) is 28.0. The summed E-state index contributed by atoms with van der Waals surface area (Å²) >= 11 is 0. The minimum Gasteiger partial charge on any atom is -0.462 e. The first-order valence-electron chi connectivity index (χ1n) is 23.0. The molecule has 2 atom stereocenters. The molecule has 1 unspecified atom stereocenters. The summed E-state index contributed by atoms with van der Waals surface area (Å²) in [5.74, 6) is -0.842. The van der Waals surface area contributed by atoms with Crippen molar-refractivity contribution in [1.82, 2.24) is 0 Å². The number of quaternary nitrogens is 1. The maximum Gasteiger partial charge on any atom is 0.472 e. The molecule has 0 amide bonds. The summed E-state index contributed by atoms with van der Waals surface area (Å²) in [6.45, 7) is 4.30. The Bertz CT molecular complexity index is 1170. The molecule has 0 radical (unpaired) electrons. The van der Waals surface area contributed by atoms with Gasteiger partial charge in [0.25, 0.3) is 0 Å². The smallest absolute Gasteiger partial charge is 0.462 e. The average molecular weight is 837 g/mol. The Morgan fingerprint density at radius 3 is 1.48 bits per heavy atom. The highest BCUT2D eigenvalue weighted by Crippen LogP contribution is 2.43. The van der Waals surface area contributed by atoms with Gasteiger partial charge in [0.1, 0.15) is 19.8 Å². The van der Waals surface area contributed by atoms with E-state index in [0.717, 1.165) is 70.6 Å². The van der Waals surface area contributed by atoms with E-state index in [2.05, 4.69) is 74.6 Å². The fraction of sp³-hybridized carbons (Fsp3) is 0.750. The maximum atomic E-state index is 12.7. The van der Waals surface area contributed by atoms with E-state index in [4.69, 9.17) is 18.5 Å². The molecule has 0 fully saturated rings. The van der Waals surface area contributed by atoms with Crippen molar-refractivity contribution in [2.75, 3.05) is 47.5 Å². The Morgan fingerprint density at radius 2 is 0.966 bits per heavy atom. The Labute approximate surface area is 356 Å². The Kier molecular flexibility index (Phi) is 38.5. The molecule has 1 N–H and O–H groups in total. The van der Waals surface area contributed by atoms with Gasteiger partial charge in [0, 0.05) is 12.8 Å². The molecule has 0 aromatic rings. The van der Waals surface area contributed by atoms with Gasteiger partial charge in [0.05, 0.1) is 27.7 Å². The predicted molar refractivity (Wildman–Crippen MR) is 243 cm³/mol. The normalized spacial score (nSPS) is 14.1. The summed E-state index contributed by atoms with van der Waals surface area (Å²) in [4.78, 5) is 35.4. The topological polar surface area (TPSA) is 108 Å². The quantitative estimate of drug-likeness (QED) is 0.0213. The van der Waals surface area contributed by atoms with Crippen LogP contribution in [0.25, 0.3) is 0 Å². The lowest BCUT2D eigenvalue weighted by atomic mass is 10.1. The number of hydrogen-bond acceptors (Lipinski definition) is 7. The second-order valence-electron chi connectivity index (χ2n) is 16.4. The number of esters is 2. The van der Waals surface area contributed by atoms with Crippen molar-refractivity contribution < 1.29 is 42.1 Å². The molecule has 10 heteroatoms. The number of likely N-dealkylation sites (N-methyl/N-ethyl adjacent to an activating group) is 1. The Hall–Kier alpha value is -2.29.